The highest BCUT2D eigenvalue weighted by Crippen LogP contribution is 2.30. The second-order valence-corrected chi connectivity index (χ2v) is 5.45. The zero-order valence-electron chi connectivity index (χ0n) is 11.5. The predicted octanol–water partition coefficient (Wildman–Crippen LogP) is 3.40. The first-order valence-corrected chi connectivity index (χ1v) is 7.30. The number of hydrogen-bond acceptors (Lipinski definition) is 4. The van der Waals surface area contributed by atoms with Crippen molar-refractivity contribution in [3.63, 3.8) is 0 Å². The molecule has 0 spiro atoms. The molecule has 0 atom stereocenters. The van der Waals surface area contributed by atoms with E-state index in [0.29, 0.717) is 6.42 Å². The number of carbonyl (C=O) groups is 1. The fourth-order valence-electron chi connectivity index (χ4n) is 1.93. The minimum absolute atomic E-state index is 0.150. The third-order valence-electron chi connectivity index (χ3n) is 3.02. The Morgan fingerprint density at radius 2 is 2.05 bits per heavy atom. The van der Waals surface area contributed by atoms with Gasteiger partial charge in [-0.2, -0.15) is 0 Å². The van der Waals surface area contributed by atoms with Crippen LogP contribution in [-0.4, -0.2) is 23.2 Å². The van der Waals surface area contributed by atoms with E-state index in [1.54, 1.807) is 18.4 Å². The van der Waals surface area contributed by atoms with Gasteiger partial charge in [-0.05, 0) is 37.1 Å². The average Bonchev–Trinajstić information content (AvgIpc) is 2.88. The van der Waals surface area contributed by atoms with E-state index < -0.39 is 5.97 Å². The summed E-state index contributed by atoms with van der Waals surface area (Å²) >= 11 is 1.58. The molecular weight excluding hydrogens is 274 g/mol. The Morgan fingerprint density at radius 3 is 2.60 bits per heavy atom. The molecule has 106 valence electrons. The first kappa shape index (κ1) is 14.5. The molecule has 1 heterocycles. The lowest BCUT2D eigenvalue weighted by Gasteiger charge is -2.00. The van der Waals surface area contributed by atoms with Gasteiger partial charge in [-0.15, -0.1) is 11.3 Å². The first-order chi connectivity index (χ1) is 9.63. The monoisotopic (exact) mass is 291 g/mol. The summed E-state index contributed by atoms with van der Waals surface area (Å²) in [5.74, 6) is 0.0403. The van der Waals surface area contributed by atoms with Crippen molar-refractivity contribution in [2.75, 3.05) is 7.11 Å². The molecule has 0 bridgehead atoms. The molecule has 0 aliphatic rings. The molecule has 0 aliphatic heterocycles. The van der Waals surface area contributed by atoms with E-state index in [4.69, 9.17) is 9.84 Å². The van der Waals surface area contributed by atoms with Crippen LogP contribution in [0.25, 0.3) is 10.6 Å². The minimum Gasteiger partial charge on any atom is -0.497 e. The summed E-state index contributed by atoms with van der Waals surface area (Å²) < 4.78 is 5.14. The van der Waals surface area contributed by atoms with Gasteiger partial charge >= 0.3 is 5.97 Å². The number of benzene rings is 1. The van der Waals surface area contributed by atoms with E-state index in [1.165, 1.54) is 0 Å². The molecule has 20 heavy (non-hydrogen) atoms. The number of aromatic nitrogens is 1. The van der Waals surface area contributed by atoms with Crippen molar-refractivity contribution in [2.45, 2.75) is 26.2 Å². The van der Waals surface area contributed by atoms with Crippen LogP contribution in [0.5, 0.6) is 5.75 Å². The van der Waals surface area contributed by atoms with Gasteiger partial charge < -0.3 is 9.84 Å². The molecule has 2 rings (SSSR count). The normalized spacial score (nSPS) is 10.5. The van der Waals surface area contributed by atoms with Crippen molar-refractivity contribution < 1.29 is 14.6 Å². The van der Waals surface area contributed by atoms with Crippen LogP contribution in [0.2, 0.25) is 0 Å². The van der Waals surface area contributed by atoms with E-state index in [1.807, 2.05) is 31.2 Å². The molecule has 1 aromatic heterocycles. The number of hydrogen-bond donors (Lipinski definition) is 1. The number of aryl methyl sites for hydroxylation is 2. The third kappa shape index (κ3) is 3.36. The Hall–Kier alpha value is -1.88. The van der Waals surface area contributed by atoms with Gasteiger partial charge in [0.1, 0.15) is 10.8 Å². The lowest BCUT2D eigenvalue weighted by molar-refractivity contribution is -0.136. The predicted molar refractivity (Wildman–Crippen MR) is 79.4 cm³/mol. The number of carboxylic acids is 1. The molecule has 0 amide bonds. The van der Waals surface area contributed by atoms with Crippen molar-refractivity contribution in [3.05, 3.63) is 34.8 Å². The number of nitrogens with zero attached hydrogens (tertiary/aromatic N) is 1. The molecule has 0 saturated heterocycles. The number of methoxy groups -OCH3 is 1. The molecule has 5 heteroatoms. The van der Waals surface area contributed by atoms with Crippen LogP contribution in [-0.2, 0) is 17.6 Å². The summed E-state index contributed by atoms with van der Waals surface area (Å²) in [6.45, 7) is 2.04. The fraction of sp³-hybridized carbons (Fsp3) is 0.333. The van der Waals surface area contributed by atoms with Crippen LogP contribution < -0.4 is 4.74 Å². The third-order valence-corrected chi connectivity index (χ3v) is 4.22. The topological polar surface area (TPSA) is 59.4 Å². The summed E-state index contributed by atoms with van der Waals surface area (Å²) in [6, 6.07) is 7.74. The lowest BCUT2D eigenvalue weighted by atomic mass is 10.2. The Bertz CT molecular complexity index is 590. The van der Waals surface area contributed by atoms with Gasteiger partial charge in [0.05, 0.1) is 19.2 Å². The highest BCUT2D eigenvalue weighted by atomic mass is 32.1. The zero-order chi connectivity index (χ0) is 14.5. The Morgan fingerprint density at radius 1 is 1.35 bits per heavy atom. The van der Waals surface area contributed by atoms with E-state index >= 15 is 0 Å². The van der Waals surface area contributed by atoms with Gasteiger partial charge in [0.2, 0.25) is 0 Å². The van der Waals surface area contributed by atoms with Gasteiger partial charge in [-0.3, -0.25) is 4.79 Å². The van der Waals surface area contributed by atoms with Crippen LogP contribution in [0.3, 0.4) is 0 Å². The van der Waals surface area contributed by atoms with Gasteiger partial charge in [0, 0.05) is 10.4 Å². The molecule has 0 aliphatic carbocycles. The van der Waals surface area contributed by atoms with Crippen LogP contribution in [0.15, 0.2) is 24.3 Å². The Kier molecular flexibility index (Phi) is 4.74. The van der Waals surface area contributed by atoms with Gasteiger partial charge in [0.25, 0.3) is 0 Å². The van der Waals surface area contributed by atoms with Gasteiger partial charge in [-0.1, -0.05) is 6.92 Å². The molecule has 1 N–H and O–H groups in total. The Labute approximate surface area is 122 Å². The summed E-state index contributed by atoms with van der Waals surface area (Å²) in [5.41, 5.74) is 2.04. The maximum Gasteiger partial charge on any atom is 0.303 e. The summed E-state index contributed by atoms with van der Waals surface area (Å²) in [7, 11) is 1.64. The lowest BCUT2D eigenvalue weighted by Crippen LogP contribution is -1.98. The highest BCUT2D eigenvalue weighted by molar-refractivity contribution is 7.15. The highest BCUT2D eigenvalue weighted by Gasteiger charge is 2.12. The van der Waals surface area contributed by atoms with Crippen LogP contribution in [0, 0.1) is 0 Å². The van der Waals surface area contributed by atoms with Crippen molar-refractivity contribution in [1.82, 2.24) is 4.98 Å². The van der Waals surface area contributed by atoms with E-state index in [2.05, 4.69) is 4.98 Å². The average molecular weight is 291 g/mol. The quantitative estimate of drug-likeness (QED) is 0.886. The van der Waals surface area contributed by atoms with Crippen molar-refractivity contribution in [2.24, 2.45) is 0 Å². The molecule has 1 aromatic carbocycles. The van der Waals surface area contributed by atoms with Gasteiger partial charge in [-0.25, -0.2) is 4.98 Å². The van der Waals surface area contributed by atoms with Crippen LogP contribution in [0.4, 0.5) is 0 Å². The first-order valence-electron chi connectivity index (χ1n) is 6.48. The summed E-state index contributed by atoms with van der Waals surface area (Å²) in [5, 5.41) is 9.73. The minimum atomic E-state index is -0.772. The standard InChI is InChI=1S/C15H17NO3S/c1-3-12-13(8-9-14(17)18)20-15(16-12)10-4-6-11(19-2)7-5-10/h4-7H,3,8-9H2,1-2H3,(H,17,18). The number of rotatable bonds is 6. The van der Waals surface area contributed by atoms with Crippen molar-refractivity contribution in [3.8, 4) is 16.3 Å². The van der Waals surface area contributed by atoms with E-state index in [9.17, 15) is 4.79 Å². The number of thiazole rings is 1. The van der Waals surface area contributed by atoms with Gasteiger partial charge in [0.15, 0.2) is 0 Å². The number of carboxylic acid groups (broad SMARTS) is 1. The molecule has 0 unspecified atom stereocenters. The molecule has 0 saturated carbocycles. The summed E-state index contributed by atoms with van der Waals surface area (Å²) in [4.78, 5) is 16.4. The fourth-order valence-corrected chi connectivity index (χ4v) is 3.09. The van der Waals surface area contributed by atoms with Crippen molar-refractivity contribution >= 4 is 17.3 Å². The second kappa shape index (κ2) is 6.52. The molecular formula is C15H17NO3S. The smallest absolute Gasteiger partial charge is 0.303 e. The molecule has 0 radical (unpaired) electrons. The summed E-state index contributed by atoms with van der Waals surface area (Å²) in [6.07, 6.45) is 1.52. The molecule has 4 nitrogen and oxygen atoms in total. The number of aliphatic carboxylic acids is 1. The molecule has 0 fully saturated rings. The van der Waals surface area contributed by atoms with Crippen molar-refractivity contribution in [1.29, 1.82) is 0 Å². The molecule has 2 aromatic rings. The number of ether oxygens (including phenoxy) is 1. The SMILES string of the molecule is CCc1nc(-c2ccc(OC)cc2)sc1CCC(=O)O. The maximum absolute atomic E-state index is 10.7. The van der Waals surface area contributed by atoms with Crippen LogP contribution in [0.1, 0.15) is 23.9 Å². The second-order valence-electron chi connectivity index (χ2n) is 4.36. The Balaban J connectivity index is 2.25. The van der Waals surface area contributed by atoms with E-state index in [-0.39, 0.29) is 6.42 Å². The van der Waals surface area contributed by atoms with Crippen LogP contribution >= 0.6 is 11.3 Å². The largest absolute Gasteiger partial charge is 0.497 e. The zero-order valence-corrected chi connectivity index (χ0v) is 12.4. The van der Waals surface area contributed by atoms with E-state index in [0.717, 1.165) is 33.3 Å². The maximum atomic E-state index is 10.7.